The molecule has 1 aromatic carbocycles. The molecule has 1 fully saturated rings. The van der Waals surface area contributed by atoms with Crippen molar-refractivity contribution in [3.63, 3.8) is 0 Å². The quantitative estimate of drug-likeness (QED) is 0.742. The number of nitrogens with one attached hydrogen (secondary N) is 2. The van der Waals surface area contributed by atoms with Crippen LogP contribution in [0.3, 0.4) is 0 Å². The van der Waals surface area contributed by atoms with Gasteiger partial charge in [-0.05, 0) is 25.0 Å². The zero-order valence-corrected chi connectivity index (χ0v) is 18.5. The molecule has 9 heteroatoms. The van der Waals surface area contributed by atoms with Gasteiger partial charge in [-0.3, -0.25) is 14.5 Å². The Hall–Kier alpha value is -3.07. The normalized spacial score (nSPS) is 18.7. The molecule has 3 heterocycles. The molecule has 2 N–H and O–H groups in total. The number of hydrogen-bond donors (Lipinski definition) is 2. The summed E-state index contributed by atoms with van der Waals surface area (Å²) in [7, 11) is 1.83. The van der Waals surface area contributed by atoms with Crippen LogP contribution in [0.1, 0.15) is 42.8 Å². The first-order valence-corrected chi connectivity index (χ1v) is 11.0. The highest BCUT2D eigenvalue weighted by molar-refractivity contribution is 5.92. The maximum atomic E-state index is 13.8. The molecule has 1 atom stereocenters. The number of hydrogen-bond acceptors (Lipinski definition) is 6. The van der Waals surface area contributed by atoms with Crippen molar-refractivity contribution in [3.05, 3.63) is 47.2 Å². The standard InChI is InChI=1S/C23H29FN6O2/c1-15(31)30-10-5-6-16(12-30)22-27-19-9-11-29(13-17(19)23(25-2)28-22)14-21(32)26-20-8-4-3-7-18(20)24/h3-4,7-8,16H,5-6,9-14H2,1-2H3,(H,26,32)(H,25,27,28)/t16-/m0/s1. The first kappa shape index (κ1) is 22.1. The van der Waals surface area contributed by atoms with Crippen LogP contribution in [0, 0.1) is 5.82 Å². The smallest absolute Gasteiger partial charge is 0.238 e. The van der Waals surface area contributed by atoms with Crippen LogP contribution in [0.25, 0.3) is 0 Å². The Morgan fingerprint density at radius 3 is 2.78 bits per heavy atom. The lowest BCUT2D eigenvalue weighted by Gasteiger charge is -2.33. The molecule has 1 aromatic heterocycles. The fourth-order valence-electron chi connectivity index (χ4n) is 4.44. The van der Waals surface area contributed by atoms with Crippen LogP contribution in [-0.4, -0.2) is 64.8 Å². The molecule has 0 unspecified atom stereocenters. The summed E-state index contributed by atoms with van der Waals surface area (Å²) in [6.45, 7) is 4.43. The molecule has 0 radical (unpaired) electrons. The lowest BCUT2D eigenvalue weighted by Crippen LogP contribution is -2.39. The largest absolute Gasteiger partial charge is 0.373 e. The summed E-state index contributed by atoms with van der Waals surface area (Å²) in [6.07, 6.45) is 2.62. The Morgan fingerprint density at radius 1 is 1.22 bits per heavy atom. The Kier molecular flexibility index (Phi) is 6.64. The summed E-state index contributed by atoms with van der Waals surface area (Å²) in [5.74, 6) is 1.07. The summed E-state index contributed by atoms with van der Waals surface area (Å²) < 4.78 is 13.8. The van der Waals surface area contributed by atoms with Crippen LogP contribution in [0.5, 0.6) is 0 Å². The highest BCUT2D eigenvalue weighted by Gasteiger charge is 2.29. The van der Waals surface area contributed by atoms with Gasteiger partial charge in [-0.1, -0.05) is 12.1 Å². The number of fused-ring (bicyclic) bond motifs is 1. The molecule has 0 bridgehead atoms. The summed E-state index contributed by atoms with van der Waals surface area (Å²) in [5, 5.41) is 5.82. The lowest BCUT2D eigenvalue weighted by atomic mass is 9.96. The van der Waals surface area contributed by atoms with E-state index in [-0.39, 0.29) is 30.0 Å². The molecule has 170 valence electrons. The van der Waals surface area contributed by atoms with Crippen LogP contribution in [0.4, 0.5) is 15.9 Å². The van der Waals surface area contributed by atoms with E-state index in [1.54, 1.807) is 25.1 Å². The van der Waals surface area contributed by atoms with E-state index in [1.165, 1.54) is 6.07 Å². The molecule has 2 aliphatic heterocycles. The van der Waals surface area contributed by atoms with E-state index in [0.29, 0.717) is 26.1 Å². The first-order chi connectivity index (χ1) is 15.4. The van der Waals surface area contributed by atoms with Crippen molar-refractivity contribution in [1.29, 1.82) is 0 Å². The van der Waals surface area contributed by atoms with Crippen molar-refractivity contribution in [2.45, 2.75) is 38.6 Å². The van der Waals surface area contributed by atoms with Crippen LogP contribution in [0.2, 0.25) is 0 Å². The fourth-order valence-corrected chi connectivity index (χ4v) is 4.44. The Bertz CT molecular complexity index is 997. The number of piperidine rings is 1. The van der Waals surface area contributed by atoms with Gasteiger partial charge in [0.25, 0.3) is 0 Å². The third-order valence-corrected chi connectivity index (χ3v) is 6.14. The minimum absolute atomic E-state index is 0.0887. The number of nitrogens with zero attached hydrogens (tertiary/aromatic N) is 4. The molecule has 1 saturated heterocycles. The predicted octanol–water partition coefficient (Wildman–Crippen LogP) is 2.38. The van der Waals surface area contributed by atoms with Gasteiger partial charge in [0.05, 0.1) is 17.9 Å². The third kappa shape index (κ3) is 4.88. The zero-order chi connectivity index (χ0) is 22.7. The summed E-state index contributed by atoms with van der Waals surface area (Å²) in [6, 6.07) is 6.14. The minimum atomic E-state index is -0.450. The van der Waals surface area contributed by atoms with Crippen LogP contribution in [0.15, 0.2) is 24.3 Å². The fraction of sp³-hybridized carbons (Fsp3) is 0.478. The molecule has 2 aromatic rings. The number of carbonyl (C=O) groups is 2. The van der Waals surface area contributed by atoms with Gasteiger partial charge in [-0.2, -0.15) is 0 Å². The van der Waals surface area contributed by atoms with E-state index in [9.17, 15) is 14.0 Å². The van der Waals surface area contributed by atoms with Gasteiger partial charge in [-0.25, -0.2) is 14.4 Å². The minimum Gasteiger partial charge on any atom is -0.373 e. The molecular formula is C23H29FN6O2. The number of rotatable bonds is 5. The second kappa shape index (κ2) is 9.60. The molecule has 2 aliphatic rings. The number of benzene rings is 1. The average molecular weight is 441 g/mol. The highest BCUT2D eigenvalue weighted by Crippen LogP contribution is 2.30. The van der Waals surface area contributed by atoms with Gasteiger partial charge in [0, 0.05) is 58.1 Å². The maximum absolute atomic E-state index is 13.8. The molecule has 4 rings (SSSR count). The summed E-state index contributed by atoms with van der Waals surface area (Å²) in [4.78, 5) is 37.8. The number of likely N-dealkylation sites (tertiary alicyclic amines) is 1. The molecule has 0 spiro atoms. The maximum Gasteiger partial charge on any atom is 0.238 e. The number of para-hydroxylation sites is 1. The SMILES string of the molecule is CNc1nc([C@H]2CCCN(C(C)=O)C2)nc2c1CN(CC(=O)Nc1ccccc1F)CC2. The molecule has 8 nitrogen and oxygen atoms in total. The van der Waals surface area contributed by atoms with Gasteiger partial charge < -0.3 is 15.5 Å². The van der Waals surface area contributed by atoms with Gasteiger partial charge in [0.15, 0.2) is 0 Å². The number of anilines is 2. The third-order valence-electron chi connectivity index (χ3n) is 6.14. The zero-order valence-electron chi connectivity index (χ0n) is 18.5. The lowest BCUT2D eigenvalue weighted by molar-refractivity contribution is -0.130. The van der Waals surface area contributed by atoms with E-state index < -0.39 is 5.82 Å². The van der Waals surface area contributed by atoms with E-state index >= 15 is 0 Å². The second-order valence-corrected chi connectivity index (χ2v) is 8.40. The first-order valence-electron chi connectivity index (χ1n) is 11.0. The van der Waals surface area contributed by atoms with Crippen molar-refractivity contribution < 1.29 is 14.0 Å². The van der Waals surface area contributed by atoms with E-state index in [1.807, 2.05) is 16.8 Å². The van der Waals surface area contributed by atoms with Crippen LogP contribution < -0.4 is 10.6 Å². The molecule has 32 heavy (non-hydrogen) atoms. The predicted molar refractivity (Wildman–Crippen MR) is 120 cm³/mol. The van der Waals surface area contributed by atoms with E-state index in [4.69, 9.17) is 9.97 Å². The van der Waals surface area contributed by atoms with Crippen molar-refractivity contribution in [1.82, 2.24) is 19.8 Å². The number of aromatic nitrogens is 2. The van der Waals surface area contributed by atoms with Crippen molar-refractivity contribution in [2.75, 3.05) is 43.9 Å². The second-order valence-electron chi connectivity index (χ2n) is 8.40. The number of amides is 2. The Labute approximate surface area is 187 Å². The van der Waals surface area contributed by atoms with Gasteiger partial charge in [-0.15, -0.1) is 0 Å². The highest BCUT2D eigenvalue weighted by atomic mass is 19.1. The Balaban J connectivity index is 1.46. The molecular weight excluding hydrogens is 411 g/mol. The molecule has 0 saturated carbocycles. The Morgan fingerprint density at radius 2 is 2.03 bits per heavy atom. The molecule has 0 aliphatic carbocycles. The topological polar surface area (TPSA) is 90.5 Å². The van der Waals surface area contributed by atoms with Gasteiger partial charge in [0.1, 0.15) is 17.5 Å². The monoisotopic (exact) mass is 440 g/mol. The van der Waals surface area contributed by atoms with Crippen LogP contribution in [-0.2, 0) is 22.6 Å². The van der Waals surface area contributed by atoms with Gasteiger partial charge in [0.2, 0.25) is 11.8 Å². The van der Waals surface area contributed by atoms with Gasteiger partial charge >= 0.3 is 0 Å². The average Bonchev–Trinajstić information content (AvgIpc) is 2.80. The number of halogens is 1. The summed E-state index contributed by atoms with van der Waals surface area (Å²) >= 11 is 0. The molecule has 2 amide bonds. The van der Waals surface area contributed by atoms with Crippen molar-refractivity contribution in [3.8, 4) is 0 Å². The van der Waals surface area contributed by atoms with Crippen molar-refractivity contribution in [2.24, 2.45) is 0 Å². The van der Waals surface area contributed by atoms with E-state index in [0.717, 1.165) is 42.3 Å². The summed E-state index contributed by atoms with van der Waals surface area (Å²) in [5.41, 5.74) is 2.16. The number of carbonyl (C=O) groups excluding carboxylic acids is 2. The van der Waals surface area contributed by atoms with Crippen LogP contribution >= 0.6 is 0 Å². The van der Waals surface area contributed by atoms with E-state index in [2.05, 4.69) is 10.6 Å². The van der Waals surface area contributed by atoms with Crippen molar-refractivity contribution >= 4 is 23.3 Å².